The zero-order valence-electron chi connectivity index (χ0n) is 11.1. The van der Waals surface area contributed by atoms with E-state index in [0.717, 1.165) is 25.1 Å². The number of carbonyl (C=O) groups is 1. The van der Waals surface area contributed by atoms with Crippen molar-refractivity contribution in [2.75, 3.05) is 11.9 Å². The van der Waals surface area contributed by atoms with Crippen LogP contribution in [0.25, 0.3) is 0 Å². The summed E-state index contributed by atoms with van der Waals surface area (Å²) in [6.45, 7) is 4.09. The Morgan fingerprint density at radius 3 is 2.95 bits per heavy atom. The van der Waals surface area contributed by atoms with E-state index in [2.05, 4.69) is 15.3 Å². The van der Waals surface area contributed by atoms with Gasteiger partial charge in [0.05, 0.1) is 17.5 Å². The summed E-state index contributed by atoms with van der Waals surface area (Å²) >= 11 is 0. The molecule has 100 valence electrons. The number of hydrogen-bond donors (Lipinski definition) is 1. The van der Waals surface area contributed by atoms with Gasteiger partial charge in [-0.15, -0.1) is 0 Å². The minimum Gasteiger partial charge on any atom is -0.469 e. The molecule has 0 atom stereocenters. The van der Waals surface area contributed by atoms with Gasteiger partial charge in [-0.3, -0.25) is 4.79 Å². The molecule has 5 nitrogen and oxygen atoms in total. The first kappa shape index (κ1) is 13.3. The minimum atomic E-state index is -0.0122. The summed E-state index contributed by atoms with van der Waals surface area (Å²) in [5.74, 6) is 1.52. The van der Waals surface area contributed by atoms with Crippen molar-refractivity contribution in [1.29, 1.82) is 0 Å². The van der Waals surface area contributed by atoms with E-state index in [1.54, 1.807) is 12.5 Å². The van der Waals surface area contributed by atoms with Crippen molar-refractivity contribution in [2.24, 2.45) is 0 Å². The quantitative estimate of drug-likeness (QED) is 0.638. The van der Waals surface area contributed by atoms with Crippen LogP contribution in [0.2, 0.25) is 0 Å². The third-order valence-corrected chi connectivity index (χ3v) is 2.82. The molecule has 0 aromatic carbocycles. The second-order valence-electron chi connectivity index (χ2n) is 4.36. The monoisotopic (exact) mass is 259 g/mol. The van der Waals surface area contributed by atoms with Gasteiger partial charge in [0.2, 0.25) is 5.95 Å². The maximum atomic E-state index is 11.3. The Kier molecular flexibility index (Phi) is 4.28. The van der Waals surface area contributed by atoms with Gasteiger partial charge >= 0.3 is 0 Å². The van der Waals surface area contributed by atoms with Crippen molar-refractivity contribution >= 4 is 11.7 Å². The number of aromatic nitrogens is 2. The summed E-state index contributed by atoms with van der Waals surface area (Å²) < 4.78 is 5.25. The molecule has 5 heteroatoms. The van der Waals surface area contributed by atoms with Crippen LogP contribution in [0.3, 0.4) is 0 Å². The molecule has 0 aliphatic heterocycles. The third kappa shape index (κ3) is 3.64. The Bertz CT molecular complexity index is 550. The topological polar surface area (TPSA) is 68.0 Å². The van der Waals surface area contributed by atoms with Gasteiger partial charge in [-0.25, -0.2) is 9.97 Å². The molecule has 0 unspecified atom stereocenters. The molecular weight excluding hydrogens is 242 g/mol. The minimum absolute atomic E-state index is 0.0122. The first-order chi connectivity index (χ1) is 9.16. The number of ketones is 1. The molecule has 1 N–H and O–H groups in total. The van der Waals surface area contributed by atoms with Crippen LogP contribution < -0.4 is 5.32 Å². The number of furan rings is 1. The molecule has 0 aliphatic rings. The zero-order valence-corrected chi connectivity index (χ0v) is 11.1. The van der Waals surface area contributed by atoms with Crippen LogP contribution in [0.15, 0.2) is 29.0 Å². The lowest BCUT2D eigenvalue weighted by molar-refractivity contribution is 0.101. The van der Waals surface area contributed by atoms with E-state index in [1.165, 1.54) is 6.92 Å². The van der Waals surface area contributed by atoms with E-state index in [9.17, 15) is 4.79 Å². The highest BCUT2D eigenvalue weighted by Crippen LogP contribution is 2.08. The molecule has 0 radical (unpaired) electrons. The number of nitrogens with zero attached hydrogens (tertiary/aromatic N) is 2. The van der Waals surface area contributed by atoms with Crippen LogP contribution in [0.1, 0.15) is 35.2 Å². The van der Waals surface area contributed by atoms with Gasteiger partial charge in [-0.1, -0.05) is 0 Å². The van der Waals surface area contributed by atoms with Crippen molar-refractivity contribution in [3.63, 3.8) is 0 Å². The highest BCUT2D eigenvalue weighted by atomic mass is 16.3. The summed E-state index contributed by atoms with van der Waals surface area (Å²) in [5, 5.41) is 3.14. The van der Waals surface area contributed by atoms with E-state index < -0.39 is 0 Å². The average Bonchev–Trinajstić information content (AvgIpc) is 2.87. The predicted octanol–water partition coefficient (Wildman–Crippen LogP) is 2.63. The summed E-state index contributed by atoms with van der Waals surface area (Å²) in [4.78, 5) is 19.6. The van der Waals surface area contributed by atoms with E-state index in [4.69, 9.17) is 4.42 Å². The van der Waals surface area contributed by atoms with Gasteiger partial charge in [0.1, 0.15) is 5.76 Å². The third-order valence-electron chi connectivity index (χ3n) is 2.82. The summed E-state index contributed by atoms with van der Waals surface area (Å²) in [5.41, 5.74) is 1.28. The smallest absolute Gasteiger partial charge is 0.222 e. The molecule has 0 spiro atoms. The van der Waals surface area contributed by atoms with Crippen LogP contribution in [-0.2, 0) is 6.42 Å². The van der Waals surface area contributed by atoms with E-state index in [0.29, 0.717) is 17.2 Å². The molecule has 2 aromatic heterocycles. The van der Waals surface area contributed by atoms with E-state index in [-0.39, 0.29) is 5.78 Å². The van der Waals surface area contributed by atoms with Gasteiger partial charge in [0, 0.05) is 19.2 Å². The molecule has 2 rings (SSSR count). The Morgan fingerprint density at radius 1 is 1.47 bits per heavy atom. The number of carbonyl (C=O) groups excluding carboxylic acids is 1. The maximum absolute atomic E-state index is 11.3. The van der Waals surface area contributed by atoms with Gasteiger partial charge in [-0.05, 0) is 32.4 Å². The summed E-state index contributed by atoms with van der Waals surface area (Å²) in [7, 11) is 0. The maximum Gasteiger partial charge on any atom is 0.222 e. The summed E-state index contributed by atoms with van der Waals surface area (Å²) in [6, 6.07) is 3.85. The van der Waals surface area contributed by atoms with Crippen molar-refractivity contribution in [2.45, 2.75) is 26.7 Å². The Labute approximate surface area is 112 Å². The van der Waals surface area contributed by atoms with Crippen LogP contribution in [0.5, 0.6) is 0 Å². The van der Waals surface area contributed by atoms with Gasteiger partial charge in [0.25, 0.3) is 0 Å². The number of Topliss-reactive ketones (excluding diaryl/α,β-unsaturated/α-hetero) is 1. The van der Waals surface area contributed by atoms with Gasteiger partial charge < -0.3 is 9.73 Å². The number of anilines is 1. The number of rotatable bonds is 6. The Morgan fingerprint density at radius 2 is 2.32 bits per heavy atom. The van der Waals surface area contributed by atoms with E-state index in [1.807, 2.05) is 19.1 Å². The zero-order chi connectivity index (χ0) is 13.7. The lowest BCUT2D eigenvalue weighted by atomic mass is 10.2. The molecule has 0 saturated heterocycles. The van der Waals surface area contributed by atoms with Crippen LogP contribution in [0, 0.1) is 6.92 Å². The lowest BCUT2D eigenvalue weighted by Gasteiger charge is -2.06. The molecule has 0 bridgehead atoms. The number of aryl methyl sites for hydroxylation is 2. The highest BCUT2D eigenvalue weighted by molar-refractivity contribution is 5.94. The molecule has 2 heterocycles. The van der Waals surface area contributed by atoms with Crippen LogP contribution in [-0.4, -0.2) is 22.3 Å². The molecule has 0 amide bonds. The molecule has 2 aromatic rings. The predicted molar refractivity (Wildman–Crippen MR) is 72.3 cm³/mol. The Balaban J connectivity index is 1.83. The molecule has 0 fully saturated rings. The SMILES string of the molecule is CC(=O)c1cnc(NCCCc2ccco2)nc1C. The standard InChI is InChI=1S/C14H17N3O2/c1-10-13(11(2)18)9-16-14(17-10)15-7-3-5-12-6-4-8-19-12/h4,6,8-9H,3,5,7H2,1-2H3,(H,15,16,17). The lowest BCUT2D eigenvalue weighted by Crippen LogP contribution is -2.09. The van der Waals surface area contributed by atoms with Crippen molar-refractivity contribution < 1.29 is 9.21 Å². The molecule has 0 saturated carbocycles. The largest absolute Gasteiger partial charge is 0.469 e. The average molecular weight is 259 g/mol. The number of hydrogen-bond acceptors (Lipinski definition) is 5. The molecule has 0 aliphatic carbocycles. The molecule has 19 heavy (non-hydrogen) atoms. The summed E-state index contributed by atoms with van der Waals surface area (Å²) in [6.07, 6.45) is 5.06. The highest BCUT2D eigenvalue weighted by Gasteiger charge is 2.06. The van der Waals surface area contributed by atoms with Crippen LogP contribution >= 0.6 is 0 Å². The van der Waals surface area contributed by atoms with E-state index >= 15 is 0 Å². The van der Waals surface area contributed by atoms with Crippen molar-refractivity contribution in [3.8, 4) is 0 Å². The normalized spacial score (nSPS) is 10.4. The first-order valence-corrected chi connectivity index (χ1v) is 6.27. The van der Waals surface area contributed by atoms with Crippen molar-refractivity contribution in [3.05, 3.63) is 41.6 Å². The number of nitrogens with one attached hydrogen (secondary N) is 1. The molecular formula is C14H17N3O2. The van der Waals surface area contributed by atoms with Crippen LogP contribution in [0.4, 0.5) is 5.95 Å². The fraction of sp³-hybridized carbons (Fsp3) is 0.357. The first-order valence-electron chi connectivity index (χ1n) is 6.27. The second-order valence-corrected chi connectivity index (χ2v) is 4.36. The van der Waals surface area contributed by atoms with Gasteiger partial charge in [-0.2, -0.15) is 0 Å². The Hall–Kier alpha value is -2.17. The second kappa shape index (κ2) is 6.13. The fourth-order valence-electron chi connectivity index (χ4n) is 1.82. The fourth-order valence-corrected chi connectivity index (χ4v) is 1.82. The van der Waals surface area contributed by atoms with Gasteiger partial charge in [0.15, 0.2) is 5.78 Å². The van der Waals surface area contributed by atoms with Crippen molar-refractivity contribution in [1.82, 2.24) is 9.97 Å².